The van der Waals surface area contributed by atoms with Gasteiger partial charge in [-0.3, -0.25) is 4.79 Å². The zero-order valence-corrected chi connectivity index (χ0v) is 10.8. The molecule has 1 aliphatic heterocycles. The summed E-state index contributed by atoms with van der Waals surface area (Å²) in [4.78, 5) is 13.0. The first-order valence-corrected chi connectivity index (χ1v) is 6.25. The van der Waals surface area contributed by atoms with Gasteiger partial charge in [-0.2, -0.15) is 0 Å². The van der Waals surface area contributed by atoms with Crippen molar-refractivity contribution in [1.29, 1.82) is 0 Å². The Morgan fingerprint density at radius 1 is 1.50 bits per heavy atom. The van der Waals surface area contributed by atoms with Crippen molar-refractivity contribution >= 4 is 33.4 Å². The van der Waals surface area contributed by atoms with E-state index in [0.29, 0.717) is 25.1 Å². The zero-order chi connectivity index (χ0) is 11.7. The normalized spacial score (nSPS) is 14.8. The van der Waals surface area contributed by atoms with Gasteiger partial charge in [-0.05, 0) is 24.1 Å². The van der Waals surface area contributed by atoms with E-state index in [0.717, 1.165) is 10.0 Å². The molecule has 1 aliphatic rings. The zero-order valence-electron chi connectivity index (χ0n) is 8.47. The molecule has 0 aliphatic carbocycles. The Labute approximate surface area is 107 Å². The number of carbonyl (C=O) groups is 1. The van der Waals surface area contributed by atoms with E-state index in [1.165, 1.54) is 6.07 Å². The van der Waals surface area contributed by atoms with Crippen LogP contribution in [0.4, 0.5) is 4.39 Å². The molecular formula is C11H10BrClFNO. The van der Waals surface area contributed by atoms with Crippen LogP contribution in [0.25, 0.3) is 0 Å². The van der Waals surface area contributed by atoms with Crippen LogP contribution in [0.3, 0.4) is 0 Å². The lowest BCUT2D eigenvalue weighted by Crippen LogP contribution is -2.37. The lowest BCUT2D eigenvalue weighted by atomic mass is 9.99. The number of carbonyl (C=O) groups excluding carboxylic acids is 1. The number of benzene rings is 1. The van der Waals surface area contributed by atoms with Crippen molar-refractivity contribution in [3.05, 3.63) is 33.5 Å². The smallest absolute Gasteiger partial charge is 0.237 e. The van der Waals surface area contributed by atoms with Crippen LogP contribution >= 0.6 is 27.5 Å². The molecule has 0 aromatic heterocycles. The topological polar surface area (TPSA) is 20.3 Å². The molecule has 0 bridgehead atoms. The second-order valence-corrected chi connectivity index (χ2v) is 4.81. The standard InChI is InChI=1S/C11H10BrClFNO/c12-9-1-2-10(14)8-6-15(11(16)5-13)4-3-7(8)9/h1-2H,3-6H2. The van der Waals surface area contributed by atoms with Crippen molar-refractivity contribution in [2.75, 3.05) is 12.4 Å². The van der Waals surface area contributed by atoms with Gasteiger partial charge < -0.3 is 4.90 Å². The predicted octanol–water partition coefficient (Wildman–Crippen LogP) is 2.71. The van der Waals surface area contributed by atoms with Gasteiger partial charge in [0.15, 0.2) is 0 Å². The van der Waals surface area contributed by atoms with E-state index in [-0.39, 0.29) is 17.6 Å². The summed E-state index contributed by atoms with van der Waals surface area (Å²) in [6.07, 6.45) is 0.663. The van der Waals surface area contributed by atoms with E-state index in [9.17, 15) is 9.18 Å². The summed E-state index contributed by atoms with van der Waals surface area (Å²) in [5.41, 5.74) is 1.55. The van der Waals surface area contributed by atoms with Gasteiger partial charge in [0.25, 0.3) is 0 Å². The third-order valence-electron chi connectivity index (χ3n) is 2.76. The molecule has 0 atom stereocenters. The summed E-state index contributed by atoms with van der Waals surface area (Å²) in [5, 5.41) is 0. The van der Waals surface area contributed by atoms with Crippen molar-refractivity contribution in [3.8, 4) is 0 Å². The fraction of sp³-hybridized carbons (Fsp3) is 0.364. The molecule has 86 valence electrons. The molecule has 1 aromatic rings. The molecule has 0 fully saturated rings. The highest BCUT2D eigenvalue weighted by Gasteiger charge is 2.23. The second-order valence-electron chi connectivity index (χ2n) is 3.69. The van der Waals surface area contributed by atoms with Crippen LogP contribution in [0.1, 0.15) is 11.1 Å². The summed E-state index contributed by atoms with van der Waals surface area (Å²) in [6.45, 7) is 0.909. The third kappa shape index (κ3) is 2.09. The average molecular weight is 307 g/mol. The van der Waals surface area contributed by atoms with Gasteiger partial charge in [-0.1, -0.05) is 15.9 Å². The van der Waals surface area contributed by atoms with Gasteiger partial charge in [-0.25, -0.2) is 4.39 Å². The van der Waals surface area contributed by atoms with Crippen LogP contribution in [0.5, 0.6) is 0 Å². The number of alkyl halides is 1. The number of amides is 1. The Bertz CT molecular complexity index is 438. The first-order chi connectivity index (χ1) is 7.63. The van der Waals surface area contributed by atoms with E-state index >= 15 is 0 Å². The molecule has 5 heteroatoms. The Morgan fingerprint density at radius 2 is 2.25 bits per heavy atom. The molecule has 0 saturated heterocycles. The van der Waals surface area contributed by atoms with E-state index in [2.05, 4.69) is 15.9 Å². The number of fused-ring (bicyclic) bond motifs is 1. The Kier molecular flexibility index (Phi) is 3.50. The van der Waals surface area contributed by atoms with Crippen LogP contribution in [-0.2, 0) is 17.8 Å². The molecular weight excluding hydrogens is 296 g/mol. The predicted molar refractivity (Wildman–Crippen MR) is 63.9 cm³/mol. The van der Waals surface area contributed by atoms with Crippen LogP contribution in [0.2, 0.25) is 0 Å². The molecule has 0 N–H and O–H groups in total. The van der Waals surface area contributed by atoms with Crippen LogP contribution in [-0.4, -0.2) is 23.2 Å². The van der Waals surface area contributed by atoms with Crippen LogP contribution < -0.4 is 0 Å². The van der Waals surface area contributed by atoms with E-state index in [1.54, 1.807) is 11.0 Å². The van der Waals surface area contributed by atoms with Gasteiger partial charge in [0.05, 0.1) is 0 Å². The van der Waals surface area contributed by atoms with Gasteiger partial charge in [0.1, 0.15) is 11.7 Å². The summed E-state index contributed by atoms with van der Waals surface area (Å²) in [6, 6.07) is 3.12. The van der Waals surface area contributed by atoms with Crippen LogP contribution in [0.15, 0.2) is 16.6 Å². The van der Waals surface area contributed by atoms with Gasteiger partial charge in [0, 0.05) is 23.1 Å². The maximum absolute atomic E-state index is 13.6. The molecule has 2 nitrogen and oxygen atoms in total. The van der Waals surface area contributed by atoms with E-state index in [4.69, 9.17) is 11.6 Å². The molecule has 0 saturated carbocycles. The molecule has 1 heterocycles. The lowest BCUT2D eigenvalue weighted by molar-refractivity contribution is -0.129. The maximum atomic E-state index is 13.6. The minimum atomic E-state index is -0.259. The highest BCUT2D eigenvalue weighted by atomic mass is 79.9. The fourth-order valence-corrected chi connectivity index (χ4v) is 2.63. The number of halogens is 3. The van der Waals surface area contributed by atoms with Crippen molar-refractivity contribution < 1.29 is 9.18 Å². The van der Waals surface area contributed by atoms with Crippen LogP contribution in [0, 0.1) is 5.82 Å². The first-order valence-electron chi connectivity index (χ1n) is 4.93. The lowest BCUT2D eigenvalue weighted by Gasteiger charge is -2.29. The molecule has 0 spiro atoms. The molecule has 0 radical (unpaired) electrons. The van der Waals surface area contributed by atoms with E-state index < -0.39 is 0 Å². The molecule has 1 amide bonds. The Morgan fingerprint density at radius 3 is 2.94 bits per heavy atom. The quantitative estimate of drug-likeness (QED) is 0.731. The highest BCUT2D eigenvalue weighted by molar-refractivity contribution is 9.10. The average Bonchev–Trinajstić information content (AvgIpc) is 2.32. The monoisotopic (exact) mass is 305 g/mol. The summed E-state index contributed by atoms with van der Waals surface area (Å²) in [7, 11) is 0. The molecule has 16 heavy (non-hydrogen) atoms. The fourth-order valence-electron chi connectivity index (χ4n) is 1.89. The molecule has 0 unspecified atom stereocenters. The maximum Gasteiger partial charge on any atom is 0.237 e. The number of rotatable bonds is 1. The molecule has 1 aromatic carbocycles. The van der Waals surface area contributed by atoms with Crippen molar-refractivity contribution in [2.24, 2.45) is 0 Å². The van der Waals surface area contributed by atoms with Gasteiger partial charge in [0.2, 0.25) is 5.91 Å². The Hall–Kier alpha value is -0.610. The van der Waals surface area contributed by atoms with Crippen molar-refractivity contribution in [2.45, 2.75) is 13.0 Å². The largest absolute Gasteiger partial charge is 0.337 e. The number of nitrogens with zero attached hydrogens (tertiary/aromatic N) is 1. The SMILES string of the molecule is O=C(CCl)N1CCc2c(Br)ccc(F)c2C1. The first kappa shape index (κ1) is 11.9. The second kappa shape index (κ2) is 4.72. The summed E-state index contributed by atoms with van der Waals surface area (Å²) < 4.78 is 14.5. The van der Waals surface area contributed by atoms with Crippen molar-refractivity contribution in [1.82, 2.24) is 4.90 Å². The minimum absolute atomic E-state index is 0.0506. The van der Waals surface area contributed by atoms with E-state index in [1.807, 2.05) is 0 Å². The van der Waals surface area contributed by atoms with Crippen molar-refractivity contribution in [3.63, 3.8) is 0 Å². The summed E-state index contributed by atoms with van der Waals surface area (Å²) in [5.74, 6) is -0.456. The Balaban J connectivity index is 2.33. The summed E-state index contributed by atoms with van der Waals surface area (Å²) >= 11 is 8.88. The number of hydrogen-bond acceptors (Lipinski definition) is 1. The third-order valence-corrected chi connectivity index (χ3v) is 3.74. The van der Waals surface area contributed by atoms with Gasteiger partial charge >= 0.3 is 0 Å². The number of hydrogen-bond donors (Lipinski definition) is 0. The highest BCUT2D eigenvalue weighted by Crippen LogP contribution is 2.28. The van der Waals surface area contributed by atoms with Gasteiger partial charge in [-0.15, -0.1) is 11.6 Å². The minimum Gasteiger partial charge on any atom is -0.337 e. The molecule has 2 rings (SSSR count).